The first-order chi connectivity index (χ1) is 14.0. The second-order valence-electron chi connectivity index (χ2n) is 7.16. The molecule has 0 fully saturated rings. The van der Waals surface area contributed by atoms with Crippen molar-refractivity contribution in [3.63, 3.8) is 0 Å². The topological polar surface area (TPSA) is 110 Å². The minimum atomic E-state index is -3.91. The number of benzene rings is 2. The molecule has 2 aromatic carbocycles. The Balaban J connectivity index is 2.55. The molecule has 0 unspecified atom stereocenters. The maximum atomic E-state index is 13.2. The predicted octanol–water partition coefficient (Wildman–Crippen LogP) is 3.96. The predicted molar refractivity (Wildman–Crippen MR) is 118 cm³/mol. The average molecular weight is 434 g/mol. The van der Waals surface area contributed by atoms with Gasteiger partial charge in [0.25, 0.3) is 5.69 Å². The van der Waals surface area contributed by atoms with E-state index >= 15 is 0 Å². The van der Waals surface area contributed by atoms with Gasteiger partial charge in [-0.15, -0.1) is 0 Å². The summed E-state index contributed by atoms with van der Waals surface area (Å²) in [6.07, 6.45) is 1.88. The minimum Gasteiger partial charge on any atom is -0.324 e. The molecule has 0 radical (unpaired) electrons. The fourth-order valence-electron chi connectivity index (χ4n) is 3.39. The molecule has 1 atom stereocenters. The van der Waals surface area contributed by atoms with Crippen molar-refractivity contribution in [2.75, 3.05) is 15.9 Å². The zero-order valence-electron chi connectivity index (χ0n) is 17.8. The lowest BCUT2D eigenvalue weighted by molar-refractivity contribution is -0.384. The van der Waals surface area contributed by atoms with E-state index in [-0.39, 0.29) is 17.8 Å². The molecule has 8 nitrogen and oxygen atoms in total. The van der Waals surface area contributed by atoms with Gasteiger partial charge in [-0.25, -0.2) is 8.42 Å². The highest BCUT2D eigenvalue weighted by molar-refractivity contribution is 7.92. The van der Waals surface area contributed by atoms with E-state index < -0.39 is 26.9 Å². The number of carbonyl (C=O) groups excluding carboxylic acids is 1. The second-order valence-corrected chi connectivity index (χ2v) is 9.02. The second kappa shape index (κ2) is 9.25. The van der Waals surface area contributed by atoms with Gasteiger partial charge in [-0.3, -0.25) is 19.2 Å². The van der Waals surface area contributed by atoms with E-state index in [1.165, 1.54) is 18.2 Å². The fraction of sp³-hybridized carbons (Fsp3) is 0.381. The number of nitro groups is 1. The molecule has 9 heteroatoms. The molecule has 1 N–H and O–H groups in total. The first kappa shape index (κ1) is 23.3. The molecule has 0 bridgehead atoms. The highest BCUT2D eigenvalue weighted by Gasteiger charge is 2.33. The third kappa shape index (κ3) is 4.96. The van der Waals surface area contributed by atoms with E-state index in [1.54, 1.807) is 13.8 Å². The minimum absolute atomic E-state index is 0.120. The van der Waals surface area contributed by atoms with Crippen LogP contribution in [0, 0.1) is 24.0 Å². The zero-order valence-corrected chi connectivity index (χ0v) is 18.6. The number of amides is 1. The van der Waals surface area contributed by atoms with Gasteiger partial charge in [-0.05, 0) is 43.4 Å². The number of nitrogens with one attached hydrogen (secondary N) is 1. The SMILES string of the molecule is CCc1cccc(C)c1NC(=O)[C@@H](CC)N(c1cc([N+](=O)[O-])ccc1C)S(C)(=O)=O. The molecule has 162 valence electrons. The van der Waals surface area contributed by atoms with Gasteiger partial charge >= 0.3 is 0 Å². The summed E-state index contributed by atoms with van der Waals surface area (Å²) >= 11 is 0. The summed E-state index contributed by atoms with van der Waals surface area (Å²) < 4.78 is 26.4. The van der Waals surface area contributed by atoms with Gasteiger partial charge in [-0.1, -0.05) is 38.1 Å². The van der Waals surface area contributed by atoms with E-state index in [9.17, 15) is 23.3 Å². The Kier molecular flexibility index (Phi) is 7.20. The molecule has 0 aliphatic carbocycles. The summed E-state index contributed by atoms with van der Waals surface area (Å²) in [5.41, 5.74) is 2.86. The van der Waals surface area contributed by atoms with E-state index in [2.05, 4.69) is 5.32 Å². The Morgan fingerprint density at radius 3 is 2.37 bits per heavy atom. The van der Waals surface area contributed by atoms with E-state index in [1.807, 2.05) is 32.0 Å². The van der Waals surface area contributed by atoms with Gasteiger partial charge < -0.3 is 5.32 Å². The van der Waals surface area contributed by atoms with Crippen LogP contribution < -0.4 is 9.62 Å². The largest absolute Gasteiger partial charge is 0.324 e. The normalized spacial score (nSPS) is 12.3. The van der Waals surface area contributed by atoms with Crippen molar-refractivity contribution in [1.29, 1.82) is 0 Å². The lowest BCUT2D eigenvalue weighted by Gasteiger charge is -2.31. The van der Waals surface area contributed by atoms with Crippen LogP contribution in [0.25, 0.3) is 0 Å². The molecule has 0 aromatic heterocycles. The number of nitro benzene ring substituents is 1. The van der Waals surface area contributed by atoms with Crippen molar-refractivity contribution in [3.8, 4) is 0 Å². The van der Waals surface area contributed by atoms with Gasteiger partial charge in [0.1, 0.15) is 6.04 Å². The van der Waals surface area contributed by atoms with Crippen LogP contribution in [0.15, 0.2) is 36.4 Å². The van der Waals surface area contributed by atoms with Crippen LogP contribution in [0.1, 0.15) is 37.0 Å². The molecule has 0 aliphatic rings. The van der Waals surface area contributed by atoms with Crippen LogP contribution in [-0.2, 0) is 21.2 Å². The highest BCUT2D eigenvalue weighted by Crippen LogP contribution is 2.31. The molecule has 1 amide bonds. The molecule has 2 rings (SSSR count). The van der Waals surface area contributed by atoms with Crippen molar-refractivity contribution < 1.29 is 18.1 Å². The number of non-ortho nitro benzene ring substituents is 1. The first-order valence-electron chi connectivity index (χ1n) is 9.65. The summed E-state index contributed by atoms with van der Waals surface area (Å²) in [7, 11) is -3.91. The van der Waals surface area contributed by atoms with Crippen LogP contribution in [0.2, 0.25) is 0 Å². The van der Waals surface area contributed by atoms with Crippen LogP contribution >= 0.6 is 0 Å². The summed E-state index contributed by atoms with van der Waals surface area (Å²) in [4.78, 5) is 23.8. The smallest absolute Gasteiger partial charge is 0.271 e. The van der Waals surface area contributed by atoms with Crippen molar-refractivity contribution in [2.24, 2.45) is 0 Å². The number of aryl methyl sites for hydroxylation is 3. The monoisotopic (exact) mass is 433 g/mol. The molecule has 2 aromatic rings. The van der Waals surface area contributed by atoms with Crippen molar-refractivity contribution in [1.82, 2.24) is 0 Å². The van der Waals surface area contributed by atoms with Gasteiger partial charge in [0.15, 0.2) is 0 Å². The van der Waals surface area contributed by atoms with Crippen molar-refractivity contribution in [3.05, 3.63) is 63.2 Å². The Hall–Kier alpha value is -2.94. The quantitative estimate of drug-likeness (QED) is 0.501. The van der Waals surface area contributed by atoms with Crippen LogP contribution in [0.5, 0.6) is 0 Å². The maximum absolute atomic E-state index is 13.2. The third-order valence-corrected chi connectivity index (χ3v) is 6.12. The lowest BCUT2D eigenvalue weighted by atomic mass is 10.0. The molecule has 0 saturated carbocycles. The van der Waals surface area contributed by atoms with Gasteiger partial charge in [0, 0.05) is 17.8 Å². The lowest BCUT2D eigenvalue weighted by Crippen LogP contribution is -2.47. The van der Waals surface area contributed by atoms with Gasteiger partial charge in [0.2, 0.25) is 15.9 Å². The number of anilines is 2. The number of carbonyl (C=O) groups is 1. The van der Waals surface area contributed by atoms with Gasteiger partial charge in [-0.2, -0.15) is 0 Å². The summed E-state index contributed by atoms with van der Waals surface area (Å²) in [5, 5.41) is 14.1. The number of rotatable bonds is 8. The third-order valence-electron chi connectivity index (χ3n) is 4.96. The number of hydrogen-bond acceptors (Lipinski definition) is 5. The summed E-state index contributed by atoms with van der Waals surface area (Å²) in [5.74, 6) is -0.488. The van der Waals surface area contributed by atoms with E-state index in [4.69, 9.17) is 0 Å². The van der Waals surface area contributed by atoms with Crippen molar-refractivity contribution in [2.45, 2.75) is 46.6 Å². The molecular formula is C21H27N3O5S. The molecule has 0 saturated heterocycles. The van der Waals surface area contributed by atoms with Crippen LogP contribution in [0.4, 0.5) is 17.1 Å². The molecule has 0 aliphatic heterocycles. The zero-order chi connectivity index (χ0) is 22.6. The first-order valence-corrected chi connectivity index (χ1v) is 11.5. The Labute approximate surface area is 177 Å². The number of hydrogen-bond donors (Lipinski definition) is 1. The fourth-order valence-corrected chi connectivity index (χ4v) is 4.65. The molecular weight excluding hydrogens is 406 g/mol. The van der Waals surface area contributed by atoms with Crippen LogP contribution in [-0.4, -0.2) is 31.5 Å². The molecule has 30 heavy (non-hydrogen) atoms. The molecule has 0 spiro atoms. The molecule has 0 heterocycles. The summed E-state index contributed by atoms with van der Waals surface area (Å²) in [6, 6.07) is 8.59. The number of para-hydroxylation sites is 1. The summed E-state index contributed by atoms with van der Waals surface area (Å²) in [6.45, 7) is 7.19. The Bertz CT molecular complexity index is 1070. The maximum Gasteiger partial charge on any atom is 0.271 e. The van der Waals surface area contributed by atoms with Crippen molar-refractivity contribution >= 4 is 33.0 Å². The van der Waals surface area contributed by atoms with E-state index in [0.717, 1.165) is 21.7 Å². The number of sulfonamides is 1. The standard InChI is InChI=1S/C21H27N3O5S/c1-6-16-10-8-9-15(4)20(16)22-21(25)18(7-2)23(30(5,28)29)19-13-17(24(26)27)12-11-14(19)3/h8-13,18H,6-7H2,1-5H3,(H,22,25)/t18-/m1/s1. The number of nitrogens with zero attached hydrogens (tertiary/aromatic N) is 2. The Morgan fingerprint density at radius 1 is 1.17 bits per heavy atom. The Morgan fingerprint density at radius 2 is 1.83 bits per heavy atom. The van der Waals surface area contributed by atoms with E-state index in [0.29, 0.717) is 17.7 Å². The van der Waals surface area contributed by atoms with Gasteiger partial charge in [0.05, 0.1) is 16.9 Å². The highest BCUT2D eigenvalue weighted by atomic mass is 32.2. The van der Waals surface area contributed by atoms with Crippen LogP contribution in [0.3, 0.4) is 0 Å². The average Bonchev–Trinajstić information content (AvgIpc) is 2.67.